The average molecular weight is 427 g/mol. The van der Waals surface area contributed by atoms with Gasteiger partial charge in [0.05, 0.1) is 9.82 Å². The minimum absolute atomic E-state index is 0.0182. The number of benzene rings is 1. The number of nitrogens with one attached hydrogen (secondary N) is 1. The molecule has 1 saturated heterocycles. The molecule has 1 N–H and O–H groups in total. The van der Waals surface area contributed by atoms with E-state index < -0.39 is 14.9 Å². The fourth-order valence-corrected chi connectivity index (χ4v) is 5.27. The van der Waals surface area contributed by atoms with Crippen molar-refractivity contribution in [3.63, 3.8) is 0 Å². The van der Waals surface area contributed by atoms with Crippen LogP contribution < -0.4 is 5.32 Å². The standard InChI is InChI=1S/C20H34N4O4S/c1-15(2)23(16(3)4)13-10-21-19-7-6-18(14-20(19)24(25)26)29(27,28)22-11-8-17(5)9-12-22/h6-7,14-17,21H,8-13H2,1-5H3. The quantitative estimate of drug-likeness (QED) is 0.479. The lowest BCUT2D eigenvalue weighted by molar-refractivity contribution is -0.384. The van der Waals surface area contributed by atoms with E-state index in [0.717, 1.165) is 19.4 Å². The van der Waals surface area contributed by atoms with Gasteiger partial charge in [-0.25, -0.2) is 8.42 Å². The van der Waals surface area contributed by atoms with Crippen molar-refractivity contribution in [1.82, 2.24) is 9.21 Å². The van der Waals surface area contributed by atoms with E-state index in [2.05, 4.69) is 44.8 Å². The Morgan fingerprint density at radius 1 is 1.21 bits per heavy atom. The maximum Gasteiger partial charge on any atom is 0.293 e. The lowest BCUT2D eigenvalue weighted by atomic mass is 10.0. The van der Waals surface area contributed by atoms with Gasteiger partial charge in [0.15, 0.2) is 0 Å². The Morgan fingerprint density at radius 2 is 1.79 bits per heavy atom. The number of rotatable bonds is 9. The number of nitro benzene ring substituents is 1. The highest BCUT2D eigenvalue weighted by Gasteiger charge is 2.30. The van der Waals surface area contributed by atoms with Gasteiger partial charge >= 0.3 is 0 Å². The average Bonchev–Trinajstić information content (AvgIpc) is 2.64. The van der Waals surface area contributed by atoms with Crippen LogP contribution in [0.5, 0.6) is 0 Å². The molecular formula is C20H34N4O4S. The number of piperidine rings is 1. The summed E-state index contributed by atoms with van der Waals surface area (Å²) in [5, 5.41) is 14.7. The molecule has 9 heteroatoms. The topological polar surface area (TPSA) is 95.8 Å². The highest BCUT2D eigenvalue weighted by Crippen LogP contribution is 2.30. The highest BCUT2D eigenvalue weighted by atomic mass is 32.2. The predicted molar refractivity (Wildman–Crippen MR) is 116 cm³/mol. The first-order valence-corrected chi connectivity index (χ1v) is 11.8. The third kappa shape index (κ3) is 5.90. The number of sulfonamides is 1. The van der Waals surface area contributed by atoms with Gasteiger partial charge in [0.25, 0.3) is 5.69 Å². The van der Waals surface area contributed by atoms with Crippen LogP contribution in [0.2, 0.25) is 0 Å². The van der Waals surface area contributed by atoms with E-state index in [9.17, 15) is 18.5 Å². The van der Waals surface area contributed by atoms with E-state index in [0.29, 0.717) is 43.3 Å². The van der Waals surface area contributed by atoms with E-state index >= 15 is 0 Å². The molecule has 1 aromatic rings. The molecule has 1 fully saturated rings. The third-order valence-electron chi connectivity index (χ3n) is 5.56. The van der Waals surface area contributed by atoms with E-state index in [1.807, 2.05) is 0 Å². The summed E-state index contributed by atoms with van der Waals surface area (Å²) in [4.78, 5) is 13.3. The molecule has 29 heavy (non-hydrogen) atoms. The summed E-state index contributed by atoms with van der Waals surface area (Å²) in [6.07, 6.45) is 1.62. The molecule has 0 atom stereocenters. The molecule has 0 bridgehead atoms. The minimum Gasteiger partial charge on any atom is -0.378 e. The van der Waals surface area contributed by atoms with Gasteiger partial charge in [0.2, 0.25) is 10.0 Å². The van der Waals surface area contributed by atoms with Gasteiger partial charge < -0.3 is 5.32 Å². The van der Waals surface area contributed by atoms with Crippen molar-refractivity contribution in [3.05, 3.63) is 28.3 Å². The number of hydrogen-bond donors (Lipinski definition) is 1. The van der Waals surface area contributed by atoms with Gasteiger partial charge in [0.1, 0.15) is 5.69 Å². The Bertz CT molecular complexity index is 795. The van der Waals surface area contributed by atoms with Crippen molar-refractivity contribution in [1.29, 1.82) is 0 Å². The molecular weight excluding hydrogens is 392 g/mol. The van der Waals surface area contributed by atoms with E-state index in [1.165, 1.54) is 22.5 Å². The van der Waals surface area contributed by atoms with Gasteiger partial charge in [-0.3, -0.25) is 15.0 Å². The van der Waals surface area contributed by atoms with Crippen molar-refractivity contribution in [2.75, 3.05) is 31.5 Å². The Hall–Kier alpha value is -1.71. The number of nitrogens with zero attached hydrogens (tertiary/aromatic N) is 3. The van der Waals surface area contributed by atoms with Crippen LogP contribution >= 0.6 is 0 Å². The van der Waals surface area contributed by atoms with Crippen LogP contribution in [0.25, 0.3) is 0 Å². The molecule has 164 valence electrons. The fourth-order valence-electron chi connectivity index (χ4n) is 3.78. The monoisotopic (exact) mass is 426 g/mol. The zero-order valence-corrected chi connectivity index (χ0v) is 18.9. The van der Waals surface area contributed by atoms with Crippen molar-refractivity contribution >= 4 is 21.4 Å². The predicted octanol–water partition coefficient (Wildman–Crippen LogP) is 3.55. The number of anilines is 1. The summed E-state index contributed by atoms with van der Waals surface area (Å²) in [6, 6.07) is 4.88. The molecule has 0 radical (unpaired) electrons. The Balaban J connectivity index is 2.17. The lowest BCUT2D eigenvalue weighted by Gasteiger charge is -2.30. The molecule has 2 rings (SSSR count). The molecule has 0 spiro atoms. The molecule has 0 aliphatic carbocycles. The summed E-state index contributed by atoms with van der Waals surface area (Å²) in [7, 11) is -3.72. The lowest BCUT2D eigenvalue weighted by Crippen LogP contribution is -2.40. The zero-order chi connectivity index (χ0) is 21.8. The van der Waals surface area contributed by atoms with Gasteiger partial charge in [-0.2, -0.15) is 4.31 Å². The number of hydrogen-bond acceptors (Lipinski definition) is 6. The zero-order valence-electron chi connectivity index (χ0n) is 18.1. The van der Waals surface area contributed by atoms with Crippen LogP contribution in [0.4, 0.5) is 11.4 Å². The van der Waals surface area contributed by atoms with Crippen molar-refractivity contribution in [2.45, 2.75) is 64.4 Å². The Labute approximate surface area is 174 Å². The molecule has 1 aliphatic heterocycles. The summed E-state index contributed by atoms with van der Waals surface area (Å²) in [6.45, 7) is 12.7. The van der Waals surface area contributed by atoms with Gasteiger partial charge in [-0.05, 0) is 58.6 Å². The van der Waals surface area contributed by atoms with Gasteiger partial charge in [-0.1, -0.05) is 6.92 Å². The first-order chi connectivity index (χ1) is 13.5. The largest absolute Gasteiger partial charge is 0.378 e. The van der Waals surface area contributed by atoms with Crippen molar-refractivity contribution in [3.8, 4) is 0 Å². The molecule has 0 amide bonds. The fraction of sp³-hybridized carbons (Fsp3) is 0.700. The molecule has 0 aromatic heterocycles. The molecule has 0 saturated carbocycles. The van der Waals surface area contributed by atoms with Crippen LogP contribution in [0.1, 0.15) is 47.5 Å². The minimum atomic E-state index is -3.72. The summed E-state index contributed by atoms with van der Waals surface area (Å²) in [5.74, 6) is 0.499. The van der Waals surface area contributed by atoms with Crippen LogP contribution in [0.3, 0.4) is 0 Å². The van der Waals surface area contributed by atoms with Crippen molar-refractivity contribution < 1.29 is 13.3 Å². The maximum atomic E-state index is 12.9. The summed E-state index contributed by atoms with van der Waals surface area (Å²) in [5.41, 5.74) is 0.130. The normalized spacial score (nSPS) is 16.7. The second kappa shape index (κ2) is 9.86. The Morgan fingerprint density at radius 3 is 2.31 bits per heavy atom. The maximum absolute atomic E-state index is 12.9. The van der Waals surface area contributed by atoms with Crippen LogP contribution in [-0.4, -0.2) is 60.8 Å². The second-order valence-corrected chi connectivity index (χ2v) is 10.3. The SMILES string of the molecule is CC1CCN(S(=O)(=O)c2ccc(NCCN(C(C)C)C(C)C)c([N+](=O)[O-])c2)CC1. The third-order valence-corrected chi connectivity index (χ3v) is 7.45. The van der Waals surface area contributed by atoms with E-state index in [4.69, 9.17) is 0 Å². The van der Waals surface area contributed by atoms with Crippen LogP contribution in [0, 0.1) is 16.0 Å². The molecule has 1 heterocycles. The first kappa shape index (κ1) is 23.6. The summed E-state index contributed by atoms with van der Waals surface area (Å²) >= 11 is 0. The van der Waals surface area contributed by atoms with Crippen LogP contribution in [0.15, 0.2) is 23.1 Å². The van der Waals surface area contributed by atoms with Gasteiger partial charge in [-0.15, -0.1) is 0 Å². The summed E-state index contributed by atoms with van der Waals surface area (Å²) < 4.78 is 27.3. The smallest absolute Gasteiger partial charge is 0.293 e. The first-order valence-electron chi connectivity index (χ1n) is 10.3. The number of nitro groups is 1. The molecule has 8 nitrogen and oxygen atoms in total. The van der Waals surface area contributed by atoms with Crippen molar-refractivity contribution in [2.24, 2.45) is 5.92 Å². The Kier molecular flexibility index (Phi) is 8.02. The van der Waals surface area contributed by atoms with Crippen LogP contribution in [-0.2, 0) is 10.0 Å². The van der Waals surface area contributed by atoms with E-state index in [-0.39, 0.29) is 10.6 Å². The second-order valence-electron chi connectivity index (χ2n) is 8.37. The molecule has 1 aliphatic rings. The highest BCUT2D eigenvalue weighted by molar-refractivity contribution is 7.89. The molecule has 1 aromatic carbocycles. The van der Waals surface area contributed by atoms with Gasteiger partial charge in [0, 0.05) is 44.3 Å². The van der Waals surface area contributed by atoms with E-state index in [1.54, 1.807) is 0 Å². The molecule has 0 unspecified atom stereocenters.